The van der Waals surface area contributed by atoms with Gasteiger partial charge in [-0.25, -0.2) is 13.1 Å². The van der Waals surface area contributed by atoms with E-state index in [1.54, 1.807) is 25.1 Å². The minimum absolute atomic E-state index is 0.0542. The lowest BCUT2D eigenvalue weighted by molar-refractivity contribution is -0.385. The van der Waals surface area contributed by atoms with E-state index < -0.39 is 14.9 Å². The molecule has 2 N–H and O–H groups in total. The van der Waals surface area contributed by atoms with Crippen molar-refractivity contribution in [2.24, 2.45) is 0 Å². The summed E-state index contributed by atoms with van der Waals surface area (Å²) in [6.07, 6.45) is 1.08. The number of para-hydroxylation sites is 1. The van der Waals surface area contributed by atoms with Gasteiger partial charge in [0.1, 0.15) is 0 Å². The Kier molecular flexibility index (Phi) is 5.40. The number of nitro benzene ring substituents is 1. The van der Waals surface area contributed by atoms with Gasteiger partial charge in [-0.1, -0.05) is 18.2 Å². The summed E-state index contributed by atoms with van der Waals surface area (Å²) < 4.78 is 24.1. The standard InChI is InChI=1S/C11H17N3O4S/c1-9(12-7-8-13-19(2,17)18)10-5-3-4-6-11(10)14(15)16/h3-6,9,12-13H,7-8H2,1-2H3. The van der Waals surface area contributed by atoms with Crippen LogP contribution in [0.2, 0.25) is 0 Å². The van der Waals surface area contributed by atoms with Crippen molar-refractivity contribution in [1.29, 1.82) is 0 Å². The third-order valence-electron chi connectivity index (χ3n) is 2.54. The fraction of sp³-hybridized carbons (Fsp3) is 0.455. The monoisotopic (exact) mass is 287 g/mol. The second kappa shape index (κ2) is 6.60. The fourth-order valence-corrected chi connectivity index (χ4v) is 2.13. The minimum atomic E-state index is -3.21. The molecule has 7 nitrogen and oxygen atoms in total. The summed E-state index contributed by atoms with van der Waals surface area (Å²) in [4.78, 5) is 10.4. The molecule has 1 unspecified atom stereocenters. The maximum atomic E-state index is 10.9. The highest BCUT2D eigenvalue weighted by atomic mass is 32.2. The average molecular weight is 287 g/mol. The first-order chi connectivity index (χ1) is 8.81. The molecule has 1 aromatic carbocycles. The highest BCUT2D eigenvalue weighted by molar-refractivity contribution is 7.88. The van der Waals surface area contributed by atoms with Gasteiger partial charge in [-0.15, -0.1) is 0 Å². The van der Waals surface area contributed by atoms with Crippen LogP contribution < -0.4 is 10.0 Å². The van der Waals surface area contributed by atoms with E-state index in [-0.39, 0.29) is 18.3 Å². The van der Waals surface area contributed by atoms with Crippen LogP contribution in [-0.4, -0.2) is 32.7 Å². The van der Waals surface area contributed by atoms with Crippen LogP contribution in [0.1, 0.15) is 18.5 Å². The van der Waals surface area contributed by atoms with Crippen molar-refractivity contribution in [2.45, 2.75) is 13.0 Å². The lowest BCUT2D eigenvalue weighted by Gasteiger charge is -2.14. The van der Waals surface area contributed by atoms with Crippen molar-refractivity contribution in [1.82, 2.24) is 10.0 Å². The van der Waals surface area contributed by atoms with Crippen LogP contribution >= 0.6 is 0 Å². The molecule has 106 valence electrons. The Labute approximate surface area is 112 Å². The maximum Gasteiger partial charge on any atom is 0.274 e. The molecule has 0 radical (unpaired) electrons. The summed E-state index contributed by atoms with van der Waals surface area (Å²) in [5, 5.41) is 13.9. The van der Waals surface area contributed by atoms with Crippen LogP contribution in [0.3, 0.4) is 0 Å². The van der Waals surface area contributed by atoms with Crippen molar-refractivity contribution in [3.63, 3.8) is 0 Å². The van der Waals surface area contributed by atoms with Crippen molar-refractivity contribution in [3.8, 4) is 0 Å². The van der Waals surface area contributed by atoms with Crippen LogP contribution in [0.5, 0.6) is 0 Å². The van der Waals surface area contributed by atoms with E-state index in [0.29, 0.717) is 12.1 Å². The normalized spacial score (nSPS) is 13.2. The van der Waals surface area contributed by atoms with E-state index in [4.69, 9.17) is 0 Å². The molecule has 0 aliphatic heterocycles. The van der Waals surface area contributed by atoms with Gasteiger partial charge in [0.25, 0.3) is 5.69 Å². The van der Waals surface area contributed by atoms with Crippen LogP contribution in [0.4, 0.5) is 5.69 Å². The zero-order chi connectivity index (χ0) is 14.5. The zero-order valence-electron chi connectivity index (χ0n) is 10.8. The molecule has 1 atom stereocenters. The maximum absolute atomic E-state index is 10.9. The Balaban J connectivity index is 2.59. The van der Waals surface area contributed by atoms with Gasteiger partial charge in [-0.05, 0) is 6.92 Å². The van der Waals surface area contributed by atoms with E-state index in [2.05, 4.69) is 10.0 Å². The van der Waals surface area contributed by atoms with E-state index in [1.807, 2.05) is 0 Å². The SMILES string of the molecule is CC(NCCNS(C)(=O)=O)c1ccccc1[N+](=O)[O-]. The Hall–Kier alpha value is -1.51. The third-order valence-corrected chi connectivity index (χ3v) is 3.27. The molecule has 1 aromatic rings. The summed E-state index contributed by atoms with van der Waals surface area (Å²) in [5.74, 6) is 0. The quantitative estimate of drug-likeness (QED) is 0.438. The van der Waals surface area contributed by atoms with Gasteiger partial charge < -0.3 is 5.32 Å². The Bertz CT molecular complexity index is 545. The molecule has 19 heavy (non-hydrogen) atoms. The molecule has 0 fully saturated rings. The number of nitro groups is 1. The fourth-order valence-electron chi connectivity index (χ4n) is 1.66. The molecule has 0 bridgehead atoms. The molecule has 0 heterocycles. The van der Waals surface area contributed by atoms with Crippen molar-refractivity contribution in [3.05, 3.63) is 39.9 Å². The number of nitrogens with zero attached hydrogens (tertiary/aromatic N) is 1. The van der Waals surface area contributed by atoms with E-state index in [0.717, 1.165) is 6.26 Å². The van der Waals surface area contributed by atoms with Gasteiger partial charge in [0, 0.05) is 30.8 Å². The lowest BCUT2D eigenvalue weighted by atomic mass is 10.1. The van der Waals surface area contributed by atoms with Crippen molar-refractivity contribution in [2.75, 3.05) is 19.3 Å². The summed E-state index contributed by atoms with van der Waals surface area (Å²) in [6.45, 7) is 2.42. The van der Waals surface area contributed by atoms with Gasteiger partial charge in [-0.3, -0.25) is 10.1 Å². The van der Waals surface area contributed by atoms with Crippen LogP contribution in [0.25, 0.3) is 0 Å². The molecule has 0 amide bonds. The number of hydrogen-bond donors (Lipinski definition) is 2. The molecule has 1 rings (SSSR count). The van der Waals surface area contributed by atoms with Gasteiger partial charge in [0.2, 0.25) is 10.0 Å². The summed E-state index contributed by atoms with van der Waals surface area (Å²) in [7, 11) is -3.21. The predicted molar refractivity (Wildman–Crippen MR) is 72.4 cm³/mol. The van der Waals surface area contributed by atoms with Crippen LogP contribution in [0, 0.1) is 10.1 Å². The Morgan fingerprint density at radius 2 is 1.95 bits per heavy atom. The number of hydrogen-bond acceptors (Lipinski definition) is 5. The molecule has 0 aliphatic rings. The number of rotatable bonds is 7. The van der Waals surface area contributed by atoms with Crippen molar-refractivity contribution < 1.29 is 13.3 Å². The lowest BCUT2D eigenvalue weighted by Crippen LogP contribution is -2.32. The van der Waals surface area contributed by atoms with Gasteiger partial charge in [0.15, 0.2) is 0 Å². The number of nitrogens with one attached hydrogen (secondary N) is 2. The van der Waals surface area contributed by atoms with E-state index in [1.165, 1.54) is 6.07 Å². The zero-order valence-corrected chi connectivity index (χ0v) is 11.6. The van der Waals surface area contributed by atoms with Gasteiger partial charge >= 0.3 is 0 Å². The number of benzene rings is 1. The smallest absolute Gasteiger partial charge is 0.274 e. The second-order valence-corrected chi connectivity index (χ2v) is 5.99. The first kappa shape index (κ1) is 15.5. The molecule has 0 aromatic heterocycles. The van der Waals surface area contributed by atoms with Gasteiger partial charge in [-0.2, -0.15) is 0 Å². The average Bonchev–Trinajstić information content (AvgIpc) is 2.33. The molecular weight excluding hydrogens is 270 g/mol. The van der Waals surface area contributed by atoms with E-state index >= 15 is 0 Å². The summed E-state index contributed by atoms with van der Waals surface area (Å²) in [6, 6.07) is 6.24. The highest BCUT2D eigenvalue weighted by Gasteiger charge is 2.17. The largest absolute Gasteiger partial charge is 0.309 e. The molecule has 0 spiro atoms. The Morgan fingerprint density at radius 1 is 1.32 bits per heavy atom. The van der Waals surface area contributed by atoms with Crippen LogP contribution in [0.15, 0.2) is 24.3 Å². The van der Waals surface area contributed by atoms with Gasteiger partial charge in [0.05, 0.1) is 11.2 Å². The first-order valence-corrected chi connectivity index (χ1v) is 7.62. The Morgan fingerprint density at radius 3 is 2.53 bits per heavy atom. The minimum Gasteiger partial charge on any atom is -0.309 e. The summed E-state index contributed by atoms with van der Waals surface area (Å²) in [5.41, 5.74) is 0.630. The molecule has 0 saturated carbocycles. The van der Waals surface area contributed by atoms with Crippen LogP contribution in [-0.2, 0) is 10.0 Å². The third kappa shape index (κ3) is 5.33. The summed E-state index contributed by atoms with van der Waals surface area (Å²) >= 11 is 0. The van der Waals surface area contributed by atoms with Crippen molar-refractivity contribution >= 4 is 15.7 Å². The molecular formula is C11H17N3O4S. The molecule has 0 saturated heterocycles. The topological polar surface area (TPSA) is 101 Å². The molecule has 0 aliphatic carbocycles. The second-order valence-electron chi connectivity index (χ2n) is 4.16. The first-order valence-electron chi connectivity index (χ1n) is 5.72. The number of sulfonamides is 1. The predicted octanol–water partition coefficient (Wildman–Crippen LogP) is 0.795. The molecule has 8 heteroatoms. The van der Waals surface area contributed by atoms with E-state index in [9.17, 15) is 18.5 Å². The highest BCUT2D eigenvalue weighted by Crippen LogP contribution is 2.23.